The highest BCUT2D eigenvalue weighted by Crippen LogP contribution is 2.28. The van der Waals surface area contributed by atoms with Crippen LogP contribution in [-0.4, -0.2) is 13.6 Å². The van der Waals surface area contributed by atoms with Crippen molar-refractivity contribution < 1.29 is 4.42 Å². The lowest BCUT2D eigenvalue weighted by atomic mass is 10.1. The van der Waals surface area contributed by atoms with Crippen LogP contribution in [0.3, 0.4) is 0 Å². The molecule has 0 aliphatic carbocycles. The first kappa shape index (κ1) is 14.2. The Balaban J connectivity index is 1.84. The Morgan fingerprint density at radius 3 is 2.95 bits per heavy atom. The first-order valence-corrected chi connectivity index (χ1v) is 7.83. The van der Waals surface area contributed by atoms with Gasteiger partial charge in [-0.3, -0.25) is 0 Å². The average molecular weight is 284 g/mol. The van der Waals surface area contributed by atoms with E-state index >= 15 is 0 Å². The fraction of sp³-hybridized carbons (Fsp3) is 0.444. The summed E-state index contributed by atoms with van der Waals surface area (Å²) in [6.07, 6.45) is 3.74. The third-order valence-electron chi connectivity index (χ3n) is 4.24. The zero-order valence-electron chi connectivity index (χ0n) is 13.0. The molecule has 0 saturated heterocycles. The highest BCUT2D eigenvalue weighted by atomic mass is 16.3. The third kappa shape index (κ3) is 3.13. The Bertz CT molecular complexity index is 603. The first-order chi connectivity index (χ1) is 10.3. The molecule has 0 radical (unpaired) electrons. The number of anilines is 1. The maximum atomic E-state index is 5.83. The minimum atomic E-state index is 0.789. The molecule has 0 amide bonds. The molecular formula is C18H24N2O. The van der Waals surface area contributed by atoms with E-state index in [9.17, 15) is 0 Å². The van der Waals surface area contributed by atoms with Gasteiger partial charge in [0.05, 0.1) is 6.54 Å². The van der Waals surface area contributed by atoms with E-state index in [-0.39, 0.29) is 0 Å². The van der Waals surface area contributed by atoms with Crippen LogP contribution in [0, 0.1) is 6.92 Å². The topological polar surface area (TPSA) is 28.4 Å². The predicted molar refractivity (Wildman–Crippen MR) is 86.6 cm³/mol. The van der Waals surface area contributed by atoms with E-state index in [4.69, 9.17) is 4.42 Å². The van der Waals surface area contributed by atoms with Crippen molar-refractivity contribution in [3.63, 3.8) is 0 Å². The molecule has 1 N–H and O–H groups in total. The van der Waals surface area contributed by atoms with Gasteiger partial charge >= 0.3 is 0 Å². The highest BCUT2D eigenvalue weighted by molar-refractivity contribution is 5.55. The van der Waals surface area contributed by atoms with Crippen LogP contribution in [0.4, 0.5) is 5.69 Å². The number of furan rings is 1. The van der Waals surface area contributed by atoms with Crippen LogP contribution >= 0.6 is 0 Å². The number of hydrogen-bond donors (Lipinski definition) is 1. The van der Waals surface area contributed by atoms with Gasteiger partial charge in [-0.1, -0.05) is 18.2 Å². The number of nitrogens with one attached hydrogen (secondary N) is 1. The number of para-hydroxylation sites is 1. The number of benzene rings is 1. The molecule has 1 aliphatic heterocycles. The Morgan fingerprint density at radius 2 is 2.10 bits per heavy atom. The van der Waals surface area contributed by atoms with Crippen LogP contribution in [0.1, 0.15) is 35.5 Å². The summed E-state index contributed by atoms with van der Waals surface area (Å²) in [6, 6.07) is 11.0. The van der Waals surface area contributed by atoms with Gasteiger partial charge in [-0.05, 0) is 50.9 Å². The second kappa shape index (κ2) is 6.35. The van der Waals surface area contributed by atoms with E-state index in [1.54, 1.807) is 0 Å². The van der Waals surface area contributed by atoms with E-state index in [0.717, 1.165) is 31.2 Å². The SMILES string of the molecule is CNCc1cc(CN2CCCCc3ccccc32)c(C)o1. The lowest BCUT2D eigenvalue weighted by molar-refractivity contribution is 0.469. The van der Waals surface area contributed by atoms with Crippen LogP contribution in [0.25, 0.3) is 0 Å². The van der Waals surface area contributed by atoms with Crippen molar-refractivity contribution >= 4 is 5.69 Å². The fourth-order valence-corrected chi connectivity index (χ4v) is 3.15. The van der Waals surface area contributed by atoms with E-state index in [2.05, 4.69) is 47.5 Å². The quantitative estimate of drug-likeness (QED) is 0.929. The Labute approximate surface area is 127 Å². The normalized spacial score (nSPS) is 14.9. The van der Waals surface area contributed by atoms with E-state index < -0.39 is 0 Å². The minimum Gasteiger partial charge on any atom is -0.465 e. The molecule has 1 aromatic heterocycles. The number of fused-ring (bicyclic) bond motifs is 1. The van der Waals surface area contributed by atoms with Gasteiger partial charge in [0.15, 0.2) is 0 Å². The lowest BCUT2D eigenvalue weighted by Crippen LogP contribution is -2.23. The van der Waals surface area contributed by atoms with Gasteiger partial charge < -0.3 is 14.6 Å². The summed E-state index contributed by atoms with van der Waals surface area (Å²) in [4.78, 5) is 2.50. The molecule has 112 valence electrons. The molecule has 1 aliphatic rings. The molecule has 21 heavy (non-hydrogen) atoms. The molecule has 2 aromatic rings. The molecule has 1 aromatic carbocycles. The van der Waals surface area contributed by atoms with Crippen LogP contribution in [-0.2, 0) is 19.5 Å². The second-order valence-electron chi connectivity index (χ2n) is 5.83. The summed E-state index contributed by atoms with van der Waals surface area (Å²) in [6.45, 7) is 4.93. The molecule has 0 fully saturated rings. The van der Waals surface area contributed by atoms with Crippen molar-refractivity contribution in [2.24, 2.45) is 0 Å². The van der Waals surface area contributed by atoms with Crippen molar-refractivity contribution in [1.82, 2.24) is 5.32 Å². The standard InChI is InChI=1S/C18H24N2O/c1-14-16(11-17(21-14)12-19-2)13-20-10-6-5-8-15-7-3-4-9-18(15)20/h3-4,7,9,11,19H,5-6,8,10,12-13H2,1-2H3. The zero-order chi connectivity index (χ0) is 14.7. The van der Waals surface area contributed by atoms with Crippen LogP contribution in [0.5, 0.6) is 0 Å². The van der Waals surface area contributed by atoms with Gasteiger partial charge in [0, 0.05) is 24.3 Å². The third-order valence-corrected chi connectivity index (χ3v) is 4.24. The highest BCUT2D eigenvalue weighted by Gasteiger charge is 2.17. The Kier molecular flexibility index (Phi) is 4.30. The van der Waals surface area contributed by atoms with Crippen LogP contribution in [0.2, 0.25) is 0 Å². The second-order valence-corrected chi connectivity index (χ2v) is 5.83. The molecule has 3 rings (SSSR count). The van der Waals surface area contributed by atoms with E-state index in [0.29, 0.717) is 0 Å². The number of nitrogens with zero attached hydrogens (tertiary/aromatic N) is 1. The first-order valence-electron chi connectivity index (χ1n) is 7.83. The maximum Gasteiger partial charge on any atom is 0.118 e. The Morgan fingerprint density at radius 1 is 1.24 bits per heavy atom. The summed E-state index contributed by atoms with van der Waals surface area (Å²) in [7, 11) is 1.95. The summed E-state index contributed by atoms with van der Waals surface area (Å²) in [5.74, 6) is 2.06. The van der Waals surface area contributed by atoms with Crippen molar-refractivity contribution in [1.29, 1.82) is 0 Å². The van der Waals surface area contributed by atoms with Gasteiger partial charge in [-0.15, -0.1) is 0 Å². The van der Waals surface area contributed by atoms with Crippen molar-refractivity contribution in [3.05, 3.63) is 53.0 Å². The summed E-state index contributed by atoms with van der Waals surface area (Å²) in [5.41, 5.74) is 4.18. The minimum absolute atomic E-state index is 0.789. The van der Waals surface area contributed by atoms with Gasteiger partial charge in [0.1, 0.15) is 11.5 Å². The molecule has 3 nitrogen and oxygen atoms in total. The van der Waals surface area contributed by atoms with Crippen molar-refractivity contribution in [2.75, 3.05) is 18.5 Å². The number of rotatable bonds is 4. The monoisotopic (exact) mass is 284 g/mol. The van der Waals surface area contributed by atoms with Crippen molar-refractivity contribution in [2.45, 2.75) is 39.3 Å². The predicted octanol–water partition coefficient (Wildman–Crippen LogP) is 3.65. The Hall–Kier alpha value is -1.74. The molecule has 0 atom stereocenters. The van der Waals surface area contributed by atoms with E-state index in [1.807, 2.05) is 7.05 Å². The summed E-state index contributed by atoms with van der Waals surface area (Å²) < 4.78 is 5.83. The molecular weight excluding hydrogens is 260 g/mol. The molecule has 2 heterocycles. The van der Waals surface area contributed by atoms with E-state index in [1.165, 1.54) is 36.1 Å². The average Bonchev–Trinajstić information content (AvgIpc) is 2.71. The van der Waals surface area contributed by atoms with Gasteiger partial charge in [0.2, 0.25) is 0 Å². The maximum absolute atomic E-state index is 5.83. The number of aryl methyl sites for hydroxylation is 2. The van der Waals surface area contributed by atoms with Gasteiger partial charge in [-0.2, -0.15) is 0 Å². The van der Waals surface area contributed by atoms with Crippen molar-refractivity contribution in [3.8, 4) is 0 Å². The summed E-state index contributed by atoms with van der Waals surface area (Å²) in [5, 5.41) is 3.15. The number of hydrogen-bond acceptors (Lipinski definition) is 3. The molecule has 0 saturated carbocycles. The van der Waals surface area contributed by atoms with Gasteiger partial charge in [-0.25, -0.2) is 0 Å². The molecule has 3 heteroatoms. The zero-order valence-corrected chi connectivity index (χ0v) is 13.0. The lowest BCUT2D eigenvalue weighted by Gasteiger charge is -2.24. The smallest absolute Gasteiger partial charge is 0.118 e. The summed E-state index contributed by atoms with van der Waals surface area (Å²) >= 11 is 0. The fourth-order valence-electron chi connectivity index (χ4n) is 3.15. The molecule has 0 unspecified atom stereocenters. The molecule has 0 spiro atoms. The van der Waals surface area contributed by atoms with Crippen LogP contribution < -0.4 is 10.2 Å². The van der Waals surface area contributed by atoms with Crippen LogP contribution in [0.15, 0.2) is 34.7 Å². The largest absolute Gasteiger partial charge is 0.465 e. The van der Waals surface area contributed by atoms with Gasteiger partial charge in [0.25, 0.3) is 0 Å². The molecule has 0 bridgehead atoms.